The average molecular weight is 512 g/mol. The summed E-state index contributed by atoms with van der Waals surface area (Å²) in [4.78, 5) is 60.3. The summed E-state index contributed by atoms with van der Waals surface area (Å²) in [5, 5.41) is 17.2. The van der Waals surface area contributed by atoms with Gasteiger partial charge in [-0.25, -0.2) is 9.18 Å². The van der Waals surface area contributed by atoms with Crippen LogP contribution >= 0.6 is 15.2 Å². The zero-order chi connectivity index (χ0) is 24.9. The van der Waals surface area contributed by atoms with Crippen LogP contribution in [-0.4, -0.2) is 58.7 Å². The minimum Gasteiger partial charge on any atom is -0.487 e. The summed E-state index contributed by atoms with van der Waals surface area (Å²) in [6, 6.07) is 0.318. The quantitative estimate of drug-likeness (QED) is 0.203. The van der Waals surface area contributed by atoms with Crippen molar-refractivity contribution in [3.63, 3.8) is 0 Å². The molecule has 1 aliphatic rings. The van der Waals surface area contributed by atoms with Gasteiger partial charge in [-0.05, 0) is 13.0 Å². The van der Waals surface area contributed by atoms with Crippen molar-refractivity contribution >= 4 is 37.9 Å². The number of aliphatic hydroxyl groups is 1. The van der Waals surface area contributed by atoms with Crippen molar-refractivity contribution in [1.29, 1.82) is 0 Å². The maximum Gasteiger partial charge on any atom is 0.511 e. The lowest BCUT2D eigenvalue weighted by molar-refractivity contribution is 0.126. The average Bonchev–Trinajstić information content (AvgIpc) is 2.67. The van der Waals surface area contributed by atoms with Crippen LogP contribution in [-0.2, 0) is 9.13 Å². The lowest BCUT2D eigenvalue weighted by Crippen LogP contribution is -2.31. The van der Waals surface area contributed by atoms with Gasteiger partial charge in [0.25, 0.3) is 5.08 Å². The predicted octanol–water partition coefficient (Wildman–Crippen LogP) is 0.954. The van der Waals surface area contributed by atoms with Gasteiger partial charge in [0.15, 0.2) is 17.3 Å². The molecule has 0 saturated carbocycles. The van der Waals surface area contributed by atoms with Gasteiger partial charge in [0, 0.05) is 13.0 Å². The van der Waals surface area contributed by atoms with Gasteiger partial charge in [-0.3, -0.25) is 13.9 Å². The smallest absolute Gasteiger partial charge is 0.487 e. The standard InChI is InChI=1S/C16H19FN2O12P2/c1-7-6-30-14-11(18-3-2-16(23,32(24,25)26)33(27,28)29)9(17)4-8-12(14)19(7)5-10(13(8)20)31-15(21)22/h4-5,7,18,23H,2-3,6H2,1H3,(H,21,22)(H2,24,25,26)(H2,27,28,29). The molecule has 0 spiro atoms. The first-order valence-electron chi connectivity index (χ1n) is 9.11. The Bertz CT molecular complexity index is 1260. The highest BCUT2D eigenvalue weighted by Gasteiger charge is 2.58. The van der Waals surface area contributed by atoms with E-state index in [-0.39, 0.29) is 23.3 Å². The van der Waals surface area contributed by atoms with Gasteiger partial charge < -0.3 is 49.1 Å². The molecule has 1 aliphatic heterocycles. The van der Waals surface area contributed by atoms with Crippen molar-refractivity contribution in [2.45, 2.75) is 24.5 Å². The van der Waals surface area contributed by atoms with Gasteiger partial charge in [-0.1, -0.05) is 0 Å². The van der Waals surface area contributed by atoms with Gasteiger partial charge in [-0.2, -0.15) is 0 Å². The molecule has 1 unspecified atom stereocenters. The lowest BCUT2D eigenvalue weighted by Gasteiger charge is -2.30. The van der Waals surface area contributed by atoms with Crippen molar-refractivity contribution in [2.75, 3.05) is 18.5 Å². The molecule has 33 heavy (non-hydrogen) atoms. The fraction of sp³-hybridized carbons (Fsp3) is 0.375. The first kappa shape index (κ1) is 25.1. The molecule has 17 heteroatoms. The Hall–Kier alpha value is -2.51. The number of benzene rings is 1. The van der Waals surface area contributed by atoms with Crippen LogP contribution in [0.5, 0.6) is 11.5 Å². The van der Waals surface area contributed by atoms with E-state index in [4.69, 9.17) is 9.84 Å². The van der Waals surface area contributed by atoms with E-state index in [0.29, 0.717) is 0 Å². The number of halogens is 1. The minimum atomic E-state index is -5.71. The number of carbonyl (C=O) groups is 1. The molecule has 0 amide bonds. The van der Waals surface area contributed by atoms with E-state index in [0.717, 1.165) is 12.3 Å². The summed E-state index contributed by atoms with van der Waals surface area (Å²) in [6.45, 7) is 0.893. The van der Waals surface area contributed by atoms with Crippen molar-refractivity contribution in [2.24, 2.45) is 0 Å². The number of anilines is 1. The molecule has 2 aromatic rings. The predicted molar refractivity (Wildman–Crippen MR) is 109 cm³/mol. The number of pyridine rings is 1. The van der Waals surface area contributed by atoms with Gasteiger partial charge in [0.05, 0.1) is 23.1 Å². The second-order valence-corrected chi connectivity index (χ2v) is 11.3. The van der Waals surface area contributed by atoms with Crippen LogP contribution in [0.3, 0.4) is 0 Å². The topological polar surface area (TPSA) is 225 Å². The van der Waals surface area contributed by atoms with Crippen molar-refractivity contribution in [3.8, 4) is 11.5 Å². The summed E-state index contributed by atoms with van der Waals surface area (Å²) in [5.74, 6) is -1.87. The molecule has 2 heterocycles. The Labute approximate surface area is 183 Å². The number of carboxylic acid groups (broad SMARTS) is 1. The van der Waals surface area contributed by atoms with Crippen molar-refractivity contribution in [1.82, 2.24) is 4.57 Å². The molecular formula is C16H19FN2O12P2. The maximum absolute atomic E-state index is 14.9. The molecule has 0 aliphatic carbocycles. The molecule has 0 bridgehead atoms. The molecule has 14 nitrogen and oxygen atoms in total. The molecule has 7 N–H and O–H groups in total. The highest BCUT2D eigenvalue weighted by Crippen LogP contribution is 2.68. The second-order valence-electron chi connectivity index (χ2n) is 7.26. The van der Waals surface area contributed by atoms with E-state index in [1.165, 1.54) is 4.57 Å². The third-order valence-corrected chi connectivity index (χ3v) is 8.90. The first-order valence-corrected chi connectivity index (χ1v) is 12.3. The molecular weight excluding hydrogens is 493 g/mol. The molecule has 1 aromatic heterocycles. The summed E-state index contributed by atoms with van der Waals surface area (Å²) in [6.07, 6.45) is -1.81. The van der Waals surface area contributed by atoms with E-state index in [1.54, 1.807) is 6.92 Å². The minimum absolute atomic E-state index is 0.0511. The zero-order valence-corrected chi connectivity index (χ0v) is 18.5. The molecule has 1 aromatic carbocycles. The first-order chi connectivity index (χ1) is 15.1. The molecule has 0 saturated heterocycles. The van der Waals surface area contributed by atoms with Crippen LogP contribution in [0, 0.1) is 5.82 Å². The molecule has 0 fully saturated rings. The Morgan fingerprint density at radius 3 is 2.48 bits per heavy atom. The Balaban J connectivity index is 2.07. The van der Waals surface area contributed by atoms with Crippen molar-refractivity contribution < 1.29 is 57.6 Å². The van der Waals surface area contributed by atoms with Gasteiger partial charge in [-0.15, -0.1) is 0 Å². The van der Waals surface area contributed by atoms with Crippen LogP contribution in [0.2, 0.25) is 0 Å². The number of nitrogens with one attached hydrogen (secondary N) is 1. The zero-order valence-electron chi connectivity index (χ0n) is 16.7. The second kappa shape index (κ2) is 8.37. The Morgan fingerprint density at radius 1 is 1.33 bits per heavy atom. The molecule has 1 atom stereocenters. The molecule has 0 radical (unpaired) electrons. The van der Waals surface area contributed by atoms with Crippen molar-refractivity contribution in [3.05, 3.63) is 28.3 Å². The number of nitrogens with zero attached hydrogens (tertiary/aromatic N) is 1. The summed E-state index contributed by atoms with van der Waals surface area (Å²) in [5.41, 5.74) is -1.29. The molecule has 182 valence electrons. The van der Waals surface area contributed by atoms with Gasteiger partial charge in [0.1, 0.15) is 12.3 Å². The number of ether oxygens (including phenoxy) is 2. The third-order valence-electron chi connectivity index (χ3n) is 5.03. The fourth-order valence-electron chi connectivity index (χ4n) is 3.35. The van der Waals surface area contributed by atoms with E-state index in [2.05, 4.69) is 10.1 Å². The largest absolute Gasteiger partial charge is 0.511 e. The highest BCUT2D eigenvalue weighted by molar-refractivity contribution is 7.72. The monoisotopic (exact) mass is 512 g/mol. The van der Waals surface area contributed by atoms with E-state index in [1.807, 2.05) is 0 Å². The van der Waals surface area contributed by atoms with Crippen LogP contribution in [0.25, 0.3) is 10.9 Å². The summed E-state index contributed by atoms with van der Waals surface area (Å²) < 4.78 is 49.2. The Kier molecular flexibility index (Phi) is 6.37. The fourth-order valence-corrected chi connectivity index (χ4v) is 5.51. The van der Waals surface area contributed by atoms with E-state index in [9.17, 15) is 47.8 Å². The van der Waals surface area contributed by atoms with Crippen LogP contribution in [0.1, 0.15) is 19.4 Å². The van der Waals surface area contributed by atoms with E-state index < -0.39 is 68.1 Å². The third kappa shape index (κ3) is 4.36. The number of hydrogen-bond acceptors (Lipinski definition) is 8. The number of aromatic nitrogens is 1. The lowest BCUT2D eigenvalue weighted by atomic mass is 10.1. The van der Waals surface area contributed by atoms with Crippen LogP contribution in [0.4, 0.5) is 14.9 Å². The highest BCUT2D eigenvalue weighted by atomic mass is 31.2. The van der Waals surface area contributed by atoms with Crippen LogP contribution in [0.15, 0.2) is 17.1 Å². The summed E-state index contributed by atoms with van der Waals surface area (Å²) >= 11 is 0. The SMILES string of the molecule is CC1COc2c(NCCC(O)(P(=O)(O)O)P(=O)(O)O)c(F)cc3c(=O)c(OC(=O)O)cn1c23. The van der Waals surface area contributed by atoms with E-state index >= 15 is 0 Å². The number of hydrogen-bond donors (Lipinski definition) is 7. The maximum atomic E-state index is 14.9. The van der Waals surface area contributed by atoms with Crippen LogP contribution < -0.4 is 20.2 Å². The van der Waals surface area contributed by atoms with Gasteiger partial charge in [0.2, 0.25) is 5.43 Å². The molecule has 3 rings (SSSR count). The van der Waals surface area contributed by atoms with Gasteiger partial charge >= 0.3 is 21.3 Å². The Morgan fingerprint density at radius 2 is 1.94 bits per heavy atom. The number of rotatable bonds is 7. The normalized spacial score (nSPS) is 16.4. The summed E-state index contributed by atoms with van der Waals surface area (Å²) in [7, 11) is -11.4.